The number of anilines is 2. The second-order valence-electron chi connectivity index (χ2n) is 4.22. The van der Waals surface area contributed by atoms with Gasteiger partial charge >= 0.3 is 0 Å². The number of sulfonamides is 1. The molecular weight excluding hydrogens is 264 g/mol. The van der Waals surface area contributed by atoms with Crippen LogP contribution in [-0.2, 0) is 16.6 Å². The van der Waals surface area contributed by atoms with E-state index in [9.17, 15) is 8.42 Å². The molecule has 0 aliphatic heterocycles. The molecule has 6 nitrogen and oxygen atoms in total. The second kappa shape index (κ2) is 4.93. The maximum Gasteiger partial charge on any atom is 0.262 e. The Balaban J connectivity index is 2.32. The lowest BCUT2D eigenvalue weighted by atomic mass is 10.2. The van der Waals surface area contributed by atoms with Crippen molar-refractivity contribution in [2.45, 2.75) is 25.3 Å². The SMILES string of the molecule is CCn1cc(NS(=O)(=O)c2ccc(N)cc2C)cn1. The molecular formula is C12H16N4O2S. The molecule has 3 N–H and O–H groups in total. The highest BCUT2D eigenvalue weighted by atomic mass is 32.2. The number of hydrogen-bond acceptors (Lipinski definition) is 4. The van der Waals surface area contributed by atoms with Crippen molar-refractivity contribution in [2.24, 2.45) is 0 Å². The van der Waals surface area contributed by atoms with Crippen LogP contribution < -0.4 is 10.5 Å². The standard InChI is InChI=1S/C12H16N4O2S/c1-3-16-8-11(7-14-16)15-19(17,18)12-5-4-10(13)6-9(12)2/h4-8,15H,3,13H2,1-2H3. The summed E-state index contributed by atoms with van der Waals surface area (Å²) in [5.41, 5.74) is 7.20. The van der Waals surface area contributed by atoms with Gasteiger partial charge in [-0.3, -0.25) is 9.40 Å². The first-order valence-corrected chi connectivity index (χ1v) is 7.32. The molecule has 0 aliphatic rings. The Bertz CT molecular complexity index is 692. The lowest BCUT2D eigenvalue weighted by molar-refractivity contribution is 0.600. The highest BCUT2D eigenvalue weighted by Crippen LogP contribution is 2.20. The van der Waals surface area contributed by atoms with Gasteiger partial charge in [0.15, 0.2) is 0 Å². The van der Waals surface area contributed by atoms with Crippen molar-refractivity contribution < 1.29 is 8.42 Å². The molecule has 0 unspecified atom stereocenters. The van der Waals surface area contributed by atoms with Crippen LogP contribution >= 0.6 is 0 Å². The Morgan fingerprint density at radius 2 is 2.16 bits per heavy atom. The summed E-state index contributed by atoms with van der Waals surface area (Å²) in [6.07, 6.45) is 3.12. The van der Waals surface area contributed by atoms with Crippen molar-refractivity contribution in [3.8, 4) is 0 Å². The van der Waals surface area contributed by atoms with Gasteiger partial charge < -0.3 is 5.73 Å². The third-order valence-corrected chi connectivity index (χ3v) is 4.24. The normalized spacial score (nSPS) is 11.5. The van der Waals surface area contributed by atoms with Gasteiger partial charge in [0.2, 0.25) is 0 Å². The van der Waals surface area contributed by atoms with Crippen LogP contribution in [-0.4, -0.2) is 18.2 Å². The predicted octanol–water partition coefficient (Wildman–Crippen LogP) is 1.59. The Labute approximate surface area is 112 Å². The average Bonchev–Trinajstić information content (AvgIpc) is 2.75. The molecule has 7 heteroatoms. The minimum Gasteiger partial charge on any atom is -0.399 e. The van der Waals surface area contributed by atoms with Gasteiger partial charge in [-0.15, -0.1) is 0 Å². The quantitative estimate of drug-likeness (QED) is 0.832. The van der Waals surface area contributed by atoms with E-state index in [0.717, 1.165) is 0 Å². The third kappa shape index (κ3) is 2.87. The number of nitrogens with zero attached hydrogens (tertiary/aromatic N) is 2. The Morgan fingerprint density at radius 1 is 1.42 bits per heavy atom. The summed E-state index contributed by atoms with van der Waals surface area (Å²) in [6, 6.07) is 4.69. The molecule has 0 saturated carbocycles. The van der Waals surface area contributed by atoms with E-state index in [4.69, 9.17) is 5.73 Å². The number of aryl methyl sites for hydroxylation is 2. The van der Waals surface area contributed by atoms with Crippen molar-refractivity contribution in [1.29, 1.82) is 0 Å². The first-order chi connectivity index (χ1) is 8.92. The van der Waals surface area contributed by atoms with Crippen molar-refractivity contribution in [3.63, 3.8) is 0 Å². The zero-order valence-corrected chi connectivity index (χ0v) is 11.6. The number of nitrogens with two attached hydrogens (primary N) is 1. The van der Waals surface area contributed by atoms with Crippen molar-refractivity contribution in [1.82, 2.24) is 9.78 Å². The molecule has 0 bridgehead atoms. The molecule has 102 valence electrons. The lowest BCUT2D eigenvalue weighted by Crippen LogP contribution is -2.14. The van der Waals surface area contributed by atoms with Crippen molar-refractivity contribution in [3.05, 3.63) is 36.2 Å². The zero-order chi connectivity index (χ0) is 14.0. The smallest absolute Gasteiger partial charge is 0.262 e. The number of nitrogens with one attached hydrogen (secondary N) is 1. The molecule has 2 aromatic rings. The van der Waals surface area contributed by atoms with Crippen LogP contribution in [0, 0.1) is 6.92 Å². The van der Waals surface area contributed by atoms with Crippen LogP contribution in [0.15, 0.2) is 35.5 Å². The minimum absolute atomic E-state index is 0.214. The van der Waals surface area contributed by atoms with E-state index >= 15 is 0 Å². The van der Waals surface area contributed by atoms with Gasteiger partial charge in [0.1, 0.15) is 0 Å². The molecule has 0 fully saturated rings. The summed E-state index contributed by atoms with van der Waals surface area (Å²) in [5, 5.41) is 4.02. The fourth-order valence-corrected chi connectivity index (χ4v) is 3.03. The number of nitrogen functional groups attached to an aromatic ring is 1. The first-order valence-electron chi connectivity index (χ1n) is 5.84. The molecule has 2 rings (SSSR count). The number of aromatic nitrogens is 2. The maximum absolute atomic E-state index is 12.2. The van der Waals surface area contributed by atoms with Gasteiger partial charge in [0.05, 0.1) is 16.8 Å². The molecule has 0 spiro atoms. The maximum atomic E-state index is 12.2. The Morgan fingerprint density at radius 3 is 2.74 bits per heavy atom. The number of hydrogen-bond donors (Lipinski definition) is 2. The van der Waals surface area contributed by atoms with E-state index in [1.165, 1.54) is 12.3 Å². The highest BCUT2D eigenvalue weighted by molar-refractivity contribution is 7.92. The van der Waals surface area contributed by atoms with Gasteiger partial charge in [0.25, 0.3) is 10.0 Å². The topological polar surface area (TPSA) is 90.0 Å². The van der Waals surface area contributed by atoms with Gasteiger partial charge in [-0.25, -0.2) is 8.42 Å². The summed E-state index contributed by atoms with van der Waals surface area (Å²) < 4.78 is 28.6. The van der Waals surface area contributed by atoms with Gasteiger partial charge in [-0.05, 0) is 37.6 Å². The molecule has 1 aromatic carbocycles. The Kier molecular flexibility index (Phi) is 3.48. The van der Waals surface area contributed by atoms with Crippen LogP contribution in [0.25, 0.3) is 0 Å². The van der Waals surface area contributed by atoms with Crippen LogP contribution in [0.2, 0.25) is 0 Å². The fraction of sp³-hybridized carbons (Fsp3) is 0.250. The van der Waals surface area contributed by atoms with E-state index in [-0.39, 0.29) is 4.90 Å². The molecule has 0 atom stereocenters. The molecule has 19 heavy (non-hydrogen) atoms. The fourth-order valence-electron chi connectivity index (χ4n) is 1.77. The first kappa shape index (κ1) is 13.4. The third-order valence-electron chi connectivity index (χ3n) is 2.70. The largest absolute Gasteiger partial charge is 0.399 e. The summed E-state index contributed by atoms with van der Waals surface area (Å²) in [5.74, 6) is 0. The molecule has 1 aromatic heterocycles. The summed E-state index contributed by atoms with van der Waals surface area (Å²) in [4.78, 5) is 0.214. The van der Waals surface area contributed by atoms with Crippen molar-refractivity contribution in [2.75, 3.05) is 10.5 Å². The van der Waals surface area contributed by atoms with Crippen LogP contribution in [0.4, 0.5) is 11.4 Å². The molecule has 0 aliphatic carbocycles. The highest BCUT2D eigenvalue weighted by Gasteiger charge is 2.17. The average molecular weight is 280 g/mol. The van der Waals surface area contributed by atoms with E-state index in [0.29, 0.717) is 23.5 Å². The molecule has 0 amide bonds. The summed E-state index contributed by atoms with van der Waals surface area (Å²) in [6.45, 7) is 4.32. The van der Waals surface area contributed by atoms with Crippen molar-refractivity contribution >= 4 is 21.4 Å². The summed E-state index contributed by atoms with van der Waals surface area (Å²) >= 11 is 0. The van der Waals surface area contributed by atoms with E-state index < -0.39 is 10.0 Å². The summed E-state index contributed by atoms with van der Waals surface area (Å²) in [7, 11) is -3.61. The zero-order valence-electron chi connectivity index (χ0n) is 10.8. The van der Waals surface area contributed by atoms with Gasteiger partial charge in [-0.1, -0.05) is 0 Å². The van der Waals surface area contributed by atoms with E-state index in [2.05, 4.69) is 9.82 Å². The minimum atomic E-state index is -3.61. The number of rotatable bonds is 4. The second-order valence-corrected chi connectivity index (χ2v) is 5.87. The van der Waals surface area contributed by atoms with Crippen LogP contribution in [0.1, 0.15) is 12.5 Å². The van der Waals surface area contributed by atoms with Crippen LogP contribution in [0.5, 0.6) is 0 Å². The predicted molar refractivity (Wildman–Crippen MR) is 74.3 cm³/mol. The van der Waals surface area contributed by atoms with Crippen LogP contribution in [0.3, 0.4) is 0 Å². The Hall–Kier alpha value is -2.02. The van der Waals surface area contributed by atoms with E-state index in [1.807, 2.05) is 6.92 Å². The molecule has 0 radical (unpaired) electrons. The molecule has 1 heterocycles. The lowest BCUT2D eigenvalue weighted by Gasteiger charge is -2.09. The number of benzene rings is 1. The molecule has 0 saturated heterocycles. The van der Waals surface area contributed by atoms with Gasteiger partial charge in [-0.2, -0.15) is 5.10 Å². The van der Waals surface area contributed by atoms with E-state index in [1.54, 1.807) is 29.9 Å². The monoisotopic (exact) mass is 280 g/mol. The van der Waals surface area contributed by atoms with Gasteiger partial charge in [0, 0.05) is 18.4 Å².